The minimum atomic E-state index is -2.64. The molecule has 0 unspecified atom stereocenters. The molecule has 12 aromatic rings. The molecular formula is C62H43NO2Si. The molecular weight excluding hydrogens is 819 g/mol. The van der Waals surface area contributed by atoms with Crippen LogP contribution in [0.2, 0.25) is 0 Å². The molecule has 0 N–H and O–H groups in total. The zero-order valence-corrected chi connectivity index (χ0v) is 37.2. The molecule has 9 aromatic carbocycles. The SMILES string of the molecule is C1=CC([Si](c2ccccc2)(c2ccccc2)c2cccc(-c3cccc(-c4ccc5oc6ccc(-n7c8ccc(-c9ccccc9)cc8c8c9ccccc9oc87)cc6c5c4)c3)c2)=CCC1. The zero-order valence-electron chi connectivity index (χ0n) is 36.2. The van der Waals surface area contributed by atoms with E-state index in [1.165, 1.54) is 43.0 Å². The van der Waals surface area contributed by atoms with Gasteiger partial charge in [-0.3, -0.25) is 4.57 Å². The molecule has 0 saturated heterocycles. The first kappa shape index (κ1) is 38.3. The second kappa shape index (κ2) is 15.5. The third-order valence-electron chi connectivity index (χ3n) is 13.8. The minimum Gasteiger partial charge on any atom is -0.456 e. The first-order valence-corrected chi connectivity index (χ1v) is 24.9. The molecule has 66 heavy (non-hydrogen) atoms. The summed E-state index contributed by atoms with van der Waals surface area (Å²) in [5, 5.41) is 11.2. The summed E-state index contributed by atoms with van der Waals surface area (Å²) in [4.78, 5) is 0. The van der Waals surface area contributed by atoms with Gasteiger partial charge in [-0.1, -0.05) is 182 Å². The first-order valence-electron chi connectivity index (χ1n) is 22.9. The quantitative estimate of drug-likeness (QED) is 0.113. The first-order chi connectivity index (χ1) is 32.7. The number of benzene rings is 9. The molecule has 3 heterocycles. The number of allylic oxidation sites excluding steroid dienone is 4. The van der Waals surface area contributed by atoms with Crippen LogP contribution in [0.15, 0.2) is 251 Å². The summed E-state index contributed by atoms with van der Waals surface area (Å²) in [5.41, 5.74) is 12.6. The van der Waals surface area contributed by atoms with Crippen LogP contribution in [0.1, 0.15) is 12.8 Å². The van der Waals surface area contributed by atoms with E-state index in [9.17, 15) is 0 Å². The van der Waals surface area contributed by atoms with Gasteiger partial charge in [-0.2, -0.15) is 0 Å². The van der Waals surface area contributed by atoms with E-state index in [4.69, 9.17) is 8.83 Å². The standard InChI is InChI=1S/C62H43NO2Si/c1-5-17-42(18-6-1)46-31-34-57-56(40-46)61-53-29-13-14-30-58(53)65-62(61)63(57)48-33-36-60-55(41-48)54-39-47(32-35-59(54)64-60)44-20-15-19-43(37-44)45-21-16-28-52(38-45)66(49-22-7-2-8-23-49,50-24-9-3-10-25-50)51-26-11-4-12-27-51/h1-3,5-11,13-41H,4,12H2. The lowest BCUT2D eigenvalue weighted by molar-refractivity contribution is 0.645. The molecule has 0 bridgehead atoms. The van der Waals surface area contributed by atoms with Crippen molar-refractivity contribution in [1.82, 2.24) is 4.57 Å². The summed E-state index contributed by atoms with van der Waals surface area (Å²) < 4.78 is 15.5. The van der Waals surface area contributed by atoms with E-state index in [-0.39, 0.29) is 0 Å². The van der Waals surface area contributed by atoms with Crippen molar-refractivity contribution < 1.29 is 8.83 Å². The number of aromatic nitrogens is 1. The van der Waals surface area contributed by atoms with E-state index < -0.39 is 8.07 Å². The van der Waals surface area contributed by atoms with Crippen LogP contribution in [-0.4, -0.2) is 12.6 Å². The van der Waals surface area contributed by atoms with E-state index in [1.54, 1.807) is 0 Å². The molecule has 0 saturated carbocycles. The van der Waals surface area contributed by atoms with Gasteiger partial charge in [-0.05, 0) is 122 Å². The van der Waals surface area contributed by atoms with Crippen LogP contribution < -0.4 is 15.6 Å². The van der Waals surface area contributed by atoms with E-state index in [0.29, 0.717) is 0 Å². The van der Waals surface area contributed by atoms with Crippen molar-refractivity contribution in [2.24, 2.45) is 0 Å². The number of hydrogen-bond donors (Lipinski definition) is 0. The molecule has 13 rings (SSSR count). The van der Waals surface area contributed by atoms with Crippen molar-refractivity contribution in [3.05, 3.63) is 242 Å². The molecule has 0 amide bonds. The van der Waals surface area contributed by atoms with Gasteiger partial charge < -0.3 is 8.83 Å². The molecule has 312 valence electrons. The van der Waals surface area contributed by atoms with Gasteiger partial charge in [0.2, 0.25) is 5.71 Å². The molecule has 4 heteroatoms. The number of hydrogen-bond acceptors (Lipinski definition) is 2. The van der Waals surface area contributed by atoms with E-state index in [2.05, 4.69) is 235 Å². The van der Waals surface area contributed by atoms with Crippen LogP contribution in [0.25, 0.3) is 94.0 Å². The maximum absolute atomic E-state index is 6.71. The number of nitrogens with zero attached hydrogens (tertiary/aromatic N) is 1. The fraction of sp³-hybridized carbons (Fsp3) is 0.0323. The lowest BCUT2D eigenvalue weighted by Gasteiger charge is -2.36. The van der Waals surface area contributed by atoms with Gasteiger partial charge in [-0.25, -0.2) is 0 Å². The summed E-state index contributed by atoms with van der Waals surface area (Å²) in [6, 6.07) is 79.6. The highest BCUT2D eigenvalue weighted by atomic mass is 28.3. The Hall–Kier alpha value is -8.18. The maximum Gasteiger partial charge on any atom is 0.213 e. The topological polar surface area (TPSA) is 31.2 Å². The number of furan rings is 2. The van der Waals surface area contributed by atoms with E-state index >= 15 is 0 Å². The van der Waals surface area contributed by atoms with Crippen molar-refractivity contribution >= 4 is 78.5 Å². The van der Waals surface area contributed by atoms with Crippen molar-refractivity contribution in [3.63, 3.8) is 0 Å². The van der Waals surface area contributed by atoms with Gasteiger partial charge in [0.25, 0.3) is 0 Å². The Kier molecular flexibility index (Phi) is 9.00. The van der Waals surface area contributed by atoms with Gasteiger partial charge in [0, 0.05) is 27.2 Å². The Labute approximate surface area is 383 Å². The fourth-order valence-electron chi connectivity index (χ4n) is 10.7. The lowest BCUT2D eigenvalue weighted by atomic mass is 9.98. The summed E-state index contributed by atoms with van der Waals surface area (Å²) in [6.07, 6.45) is 9.41. The van der Waals surface area contributed by atoms with Gasteiger partial charge >= 0.3 is 0 Å². The second-order valence-corrected chi connectivity index (χ2v) is 21.3. The van der Waals surface area contributed by atoms with Crippen molar-refractivity contribution in [2.75, 3.05) is 0 Å². The maximum atomic E-state index is 6.71. The molecule has 0 aliphatic heterocycles. The van der Waals surface area contributed by atoms with Crippen LogP contribution in [0.4, 0.5) is 0 Å². The lowest BCUT2D eigenvalue weighted by Crippen LogP contribution is -2.68. The van der Waals surface area contributed by atoms with Gasteiger partial charge in [0.15, 0.2) is 8.07 Å². The number of fused-ring (bicyclic) bond motifs is 8. The number of rotatable bonds is 8. The Morgan fingerprint density at radius 2 is 0.939 bits per heavy atom. The monoisotopic (exact) mass is 861 g/mol. The van der Waals surface area contributed by atoms with E-state index in [1.807, 2.05) is 6.07 Å². The molecule has 0 fully saturated rings. The second-order valence-electron chi connectivity index (χ2n) is 17.5. The Morgan fingerprint density at radius 1 is 0.379 bits per heavy atom. The molecule has 0 spiro atoms. The average molecular weight is 862 g/mol. The van der Waals surface area contributed by atoms with Crippen LogP contribution in [-0.2, 0) is 0 Å². The van der Waals surface area contributed by atoms with Gasteiger partial charge in [0.1, 0.15) is 16.7 Å². The normalized spacial score (nSPS) is 13.1. The van der Waals surface area contributed by atoms with Crippen molar-refractivity contribution in [1.29, 1.82) is 0 Å². The molecule has 1 aliphatic rings. The Morgan fingerprint density at radius 3 is 1.68 bits per heavy atom. The Balaban J connectivity index is 0.925. The molecule has 0 atom stereocenters. The highest BCUT2D eigenvalue weighted by Crippen LogP contribution is 2.42. The molecule has 1 aliphatic carbocycles. The predicted molar refractivity (Wildman–Crippen MR) is 278 cm³/mol. The van der Waals surface area contributed by atoms with Crippen molar-refractivity contribution in [2.45, 2.75) is 12.8 Å². The van der Waals surface area contributed by atoms with Crippen LogP contribution in [0, 0.1) is 0 Å². The average Bonchev–Trinajstić information content (AvgIpc) is 4.06. The van der Waals surface area contributed by atoms with Crippen molar-refractivity contribution in [3.8, 4) is 39.1 Å². The highest BCUT2D eigenvalue weighted by molar-refractivity contribution is 7.16. The summed E-state index contributed by atoms with van der Waals surface area (Å²) in [6.45, 7) is 0. The summed E-state index contributed by atoms with van der Waals surface area (Å²) in [5.74, 6) is 0. The molecule has 0 radical (unpaired) electrons. The Bertz CT molecular complexity index is 3830. The van der Waals surface area contributed by atoms with Gasteiger partial charge in [0.05, 0.1) is 10.9 Å². The predicted octanol–water partition coefficient (Wildman–Crippen LogP) is 14.7. The smallest absolute Gasteiger partial charge is 0.213 e. The number of para-hydroxylation sites is 1. The largest absolute Gasteiger partial charge is 0.456 e. The minimum absolute atomic E-state index is 0.838. The van der Waals surface area contributed by atoms with Crippen LogP contribution in [0.3, 0.4) is 0 Å². The third-order valence-corrected chi connectivity index (χ3v) is 18.6. The molecule has 3 nitrogen and oxygen atoms in total. The zero-order chi connectivity index (χ0) is 43.6. The summed E-state index contributed by atoms with van der Waals surface area (Å²) >= 11 is 0. The molecule has 3 aromatic heterocycles. The summed E-state index contributed by atoms with van der Waals surface area (Å²) in [7, 11) is -2.64. The van der Waals surface area contributed by atoms with Crippen LogP contribution in [0.5, 0.6) is 0 Å². The fourth-order valence-corrected chi connectivity index (χ4v) is 15.6. The van der Waals surface area contributed by atoms with Gasteiger partial charge in [-0.15, -0.1) is 0 Å². The van der Waals surface area contributed by atoms with E-state index in [0.717, 1.165) is 84.6 Å². The third kappa shape index (κ3) is 6.10. The van der Waals surface area contributed by atoms with Crippen LogP contribution >= 0.6 is 0 Å². The highest BCUT2D eigenvalue weighted by Gasteiger charge is 2.42.